The van der Waals surface area contributed by atoms with E-state index in [9.17, 15) is 13.2 Å². The van der Waals surface area contributed by atoms with Crippen LogP contribution in [0, 0.1) is 6.92 Å². The van der Waals surface area contributed by atoms with Crippen molar-refractivity contribution in [2.24, 2.45) is 0 Å². The Balaban J connectivity index is 2.70. The molecule has 0 atom stereocenters. The Hall–Kier alpha value is -1.08. The molecular formula is C9H12O5S2. The van der Waals surface area contributed by atoms with Gasteiger partial charge in [-0.05, 0) is 13.0 Å². The minimum Gasteiger partial charge on any atom is -0.491 e. The van der Waals surface area contributed by atoms with E-state index in [2.05, 4.69) is 0 Å². The van der Waals surface area contributed by atoms with Gasteiger partial charge in [0.25, 0.3) is 0 Å². The molecule has 0 spiro atoms. The monoisotopic (exact) mass is 264 g/mol. The average Bonchev–Trinajstić information content (AvgIpc) is 2.44. The van der Waals surface area contributed by atoms with Gasteiger partial charge in [0.05, 0.1) is 5.75 Å². The number of hydrogen-bond donors (Lipinski definition) is 1. The zero-order valence-electron chi connectivity index (χ0n) is 8.89. The molecule has 1 heterocycles. The first kappa shape index (κ1) is 13.0. The van der Waals surface area contributed by atoms with Crippen molar-refractivity contribution >= 4 is 27.1 Å². The molecule has 5 nitrogen and oxygen atoms in total. The van der Waals surface area contributed by atoms with Gasteiger partial charge in [-0.25, -0.2) is 13.2 Å². The summed E-state index contributed by atoms with van der Waals surface area (Å²) in [6.07, 6.45) is 1.10. The van der Waals surface area contributed by atoms with Gasteiger partial charge in [0.2, 0.25) is 0 Å². The standard InChI is InChI=1S/C9H12O5S2/c1-6-5-7(8(15-6)9(10)11)14-3-4-16(2,12)13/h5H,3-4H2,1-2H3,(H,10,11). The second kappa shape index (κ2) is 4.84. The highest BCUT2D eigenvalue weighted by Gasteiger charge is 2.15. The minimum atomic E-state index is -3.09. The number of aromatic carboxylic acids is 1. The Morgan fingerprint density at radius 1 is 1.56 bits per heavy atom. The van der Waals surface area contributed by atoms with Gasteiger partial charge >= 0.3 is 5.97 Å². The van der Waals surface area contributed by atoms with E-state index in [-0.39, 0.29) is 23.0 Å². The lowest BCUT2D eigenvalue weighted by Crippen LogP contribution is -2.12. The van der Waals surface area contributed by atoms with Crippen molar-refractivity contribution in [3.05, 3.63) is 15.8 Å². The van der Waals surface area contributed by atoms with E-state index in [1.807, 2.05) is 0 Å². The summed E-state index contributed by atoms with van der Waals surface area (Å²) < 4.78 is 26.8. The van der Waals surface area contributed by atoms with Gasteiger partial charge in [-0.3, -0.25) is 0 Å². The number of ether oxygens (including phenoxy) is 1. The summed E-state index contributed by atoms with van der Waals surface area (Å²) in [6.45, 7) is 1.73. The molecule has 1 rings (SSSR count). The highest BCUT2D eigenvalue weighted by molar-refractivity contribution is 7.90. The smallest absolute Gasteiger partial charge is 0.349 e. The van der Waals surface area contributed by atoms with Crippen LogP contribution in [0.2, 0.25) is 0 Å². The Kier molecular flexibility index (Phi) is 3.93. The molecule has 0 saturated carbocycles. The molecule has 0 bridgehead atoms. The summed E-state index contributed by atoms with van der Waals surface area (Å²) >= 11 is 1.11. The van der Waals surface area contributed by atoms with Crippen LogP contribution in [-0.4, -0.2) is 38.1 Å². The van der Waals surface area contributed by atoms with Gasteiger partial charge in [-0.15, -0.1) is 11.3 Å². The lowest BCUT2D eigenvalue weighted by atomic mass is 10.4. The summed E-state index contributed by atoms with van der Waals surface area (Å²) in [5.41, 5.74) is 0. The largest absolute Gasteiger partial charge is 0.491 e. The Morgan fingerprint density at radius 3 is 2.69 bits per heavy atom. The molecule has 0 amide bonds. The van der Waals surface area contributed by atoms with E-state index in [0.717, 1.165) is 22.5 Å². The van der Waals surface area contributed by atoms with Crippen LogP contribution in [0.5, 0.6) is 5.75 Å². The quantitative estimate of drug-likeness (QED) is 0.863. The van der Waals surface area contributed by atoms with E-state index >= 15 is 0 Å². The molecule has 1 aromatic rings. The third kappa shape index (κ3) is 3.82. The normalized spacial score (nSPS) is 11.4. The molecule has 90 valence electrons. The summed E-state index contributed by atoms with van der Waals surface area (Å²) in [4.78, 5) is 11.7. The first-order chi connectivity index (χ1) is 7.29. The van der Waals surface area contributed by atoms with Crippen LogP contribution in [0.1, 0.15) is 14.5 Å². The molecular weight excluding hydrogens is 252 g/mol. The van der Waals surface area contributed by atoms with E-state index in [0.29, 0.717) is 0 Å². The number of hydrogen-bond acceptors (Lipinski definition) is 5. The van der Waals surface area contributed by atoms with E-state index in [1.54, 1.807) is 13.0 Å². The van der Waals surface area contributed by atoms with Crippen LogP contribution in [0.3, 0.4) is 0 Å². The van der Waals surface area contributed by atoms with Crippen molar-refractivity contribution in [2.75, 3.05) is 18.6 Å². The molecule has 16 heavy (non-hydrogen) atoms. The van der Waals surface area contributed by atoms with Gasteiger partial charge in [-0.2, -0.15) is 0 Å². The Labute approximate surface area is 97.6 Å². The van der Waals surface area contributed by atoms with E-state index in [1.165, 1.54) is 0 Å². The molecule has 0 aliphatic carbocycles. The number of aryl methyl sites for hydroxylation is 1. The fourth-order valence-electron chi connectivity index (χ4n) is 1.05. The summed E-state index contributed by atoms with van der Waals surface area (Å²) in [7, 11) is -3.09. The van der Waals surface area contributed by atoms with Crippen LogP contribution in [0.25, 0.3) is 0 Å². The fourth-order valence-corrected chi connectivity index (χ4v) is 2.23. The van der Waals surface area contributed by atoms with Crippen LogP contribution in [-0.2, 0) is 9.84 Å². The zero-order chi connectivity index (χ0) is 12.3. The van der Waals surface area contributed by atoms with Crippen molar-refractivity contribution in [3.8, 4) is 5.75 Å². The SMILES string of the molecule is Cc1cc(OCCS(C)(=O)=O)c(C(=O)O)s1. The van der Waals surface area contributed by atoms with Gasteiger partial charge in [-0.1, -0.05) is 0 Å². The third-order valence-electron chi connectivity index (χ3n) is 1.73. The zero-order valence-corrected chi connectivity index (χ0v) is 10.5. The fraction of sp³-hybridized carbons (Fsp3) is 0.444. The first-order valence-electron chi connectivity index (χ1n) is 4.44. The van der Waals surface area contributed by atoms with Crippen molar-refractivity contribution in [3.63, 3.8) is 0 Å². The van der Waals surface area contributed by atoms with Gasteiger partial charge in [0, 0.05) is 11.1 Å². The van der Waals surface area contributed by atoms with E-state index in [4.69, 9.17) is 9.84 Å². The van der Waals surface area contributed by atoms with Crippen LogP contribution in [0.15, 0.2) is 6.07 Å². The number of carbonyl (C=O) groups is 1. The van der Waals surface area contributed by atoms with Gasteiger partial charge in [0.1, 0.15) is 12.4 Å². The number of rotatable bonds is 5. The van der Waals surface area contributed by atoms with Crippen LogP contribution >= 0.6 is 11.3 Å². The molecule has 0 radical (unpaired) electrons. The van der Waals surface area contributed by atoms with Crippen LogP contribution in [0.4, 0.5) is 0 Å². The third-order valence-corrected chi connectivity index (χ3v) is 3.66. The molecule has 0 unspecified atom stereocenters. The van der Waals surface area contributed by atoms with E-state index < -0.39 is 15.8 Å². The van der Waals surface area contributed by atoms with Crippen LogP contribution < -0.4 is 4.74 Å². The highest BCUT2D eigenvalue weighted by atomic mass is 32.2. The topological polar surface area (TPSA) is 80.7 Å². The summed E-state index contributed by atoms with van der Waals surface area (Å²) in [5, 5.41) is 8.85. The number of carboxylic acid groups (broad SMARTS) is 1. The molecule has 1 aromatic heterocycles. The van der Waals surface area contributed by atoms with Gasteiger partial charge < -0.3 is 9.84 Å². The number of thiophene rings is 1. The van der Waals surface area contributed by atoms with Crippen molar-refractivity contribution in [1.29, 1.82) is 0 Å². The molecule has 1 N–H and O–H groups in total. The Morgan fingerprint density at radius 2 is 2.19 bits per heavy atom. The Bertz CT molecular complexity index is 486. The number of sulfone groups is 1. The van der Waals surface area contributed by atoms with Crippen molar-refractivity contribution in [1.82, 2.24) is 0 Å². The lowest BCUT2D eigenvalue weighted by molar-refractivity contribution is 0.0698. The van der Waals surface area contributed by atoms with Crippen molar-refractivity contribution in [2.45, 2.75) is 6.92 Å². The first-order valence-corrected chi connectivity index (χ1v) is 7.31. The van der Waals surface area contributed by atoms with Gasteiger partial charge in [0.15, 0.2) is 14.7 Å². The molecule has 0 aliphatic rings. The minimum absolute atomic E-state index is 0.0325. The number of carboxylic acids is 1. The second-order valence-corrected chi connectivity index (χ2v) is 6.85. The van der Waals surface area contributed by atoms with Crippen molar-refractivity contribution < 1.29 is 23.1 Å². The maximum Gasteiger partial charge on any atom is 0.349 e. The summed E-state index contributed by atoms with van der Waals surface area (Å²) in [5.74, 6) is -0.952. The molecule has 0 aliphatic heterocycles. The molecule has 7 heteroatoms. The highest BCUT2D eigenvalue weighted by Crippen LogP contribution is 2.28. The molecule has 0 aromatic carbocycles. The molecule has 0 fully saturated rings. The lowest BCUT2D eigenvalue weighted by Gasteiger charge is -2.03. The predicted molar refractivity (Wildman–Crippen MR) is 61.2 cm³/mol. The maximum absolute atomic E-state index is 10.9. The summed E-state index contributed by atoms with van der Waals surface area (Å²) in [6, 6.07) is 1.59. The second-order valence-electron chi connectivity index (χ2n) is 3.33. The average molecular weight is 264 g/mol. The predicted octanol–water partition coefficient (Wildman–Crippen LogP) is 1.18. The molecule has 0 saturated heterocycles. The maximum atomic E-state index is 10.9.